The number of likely N-dealkylation sites (N-methyl/N-ethyl adjacent to an activating group) is 1. The zero-order chi connectivity index (χ0) is 12.4. The van der Waals surface area contributed by atoms with E-state index < -0.39 is 23.2 Å². The van der Waals surface area contributed by atoms with Crippen LogP contribution >= 0.6 is 0 Å². The molecule has 0 saturated heterocycles. The van der Waals surface area contributed by atoms with Crippen LogP contribution in [-0.4, -0.2) is 24.2 Å². The molecule has 1 amide bonds. The molecule has 1 aromatic carbocycles. The minimum absolute atomic E-state index is 0.512. The first kappa shape index (κ1) is 12.5. The Kier molecular flexibility index (Phi) is 3.23. The van der Waals surface area contributed by atoms with Gasteiger partial charge in [0.1, 0.15) is 0 Å². The van der Waals surface area contributed by atoms with Crippen molar-refractivity contribution >= 4 is 5.91 Å². The maximum absolute atomic E-state index is 12.7. The first-order valence-corrected chi connectivity index (χ1v) is 4.41. The van der Waals surface area contributed by atoms with Gasteiger partial charge in [-0.05, 0) is 0 Å². The van der Waals surface area contributed by atoms with Crippen molar-refractivity contribution in [3.05, 3.63) is 35.9 Å². The van der Waals surface area contributed by atoms with Gasteiger partial charge in [-0.25, -0.2) is 0 Å². The van der Waals surface area contributed by atoms with Crippen LogP contribution < -0.4 is 5.32 Å². The van der Waals surface area contributed by atoms with Crippen LogP contribution in [0.4, 0.5) is 13.2 Å². The summed E-state index contributed by atoms with van der Waals surface area (Å²) in [6, 6.07) is 6.21. The molecule has 0 heterocycles. The second-order valence-corrected chi connectivity index (χ2v) is 3.15. The highest BCUT2D eigenvalue weighted by Gasteiger charge is 2.60. The third kappa shape index (κ3) is 1.88. The average molecular weight is 233 g/mol. The van der Waals surface area contributed by atoms with E-state index >= 15 is 0 Å². The Bertz CT molecular complexity index is 377. The van der Waals surface area contributed by atoms with Gasteiger partial charge < -0.3 is 10.4 Å². The molecular weight excluding hydrogens is 223 g/mol. The lowest BCUT2D eigenvalue weighted by Crippen LogP contribution is -2.53. The number of aliphatic hydroxyl groups is 1. The fourth-order valence-corrected chi connectivity index (χ4v) is 1.28. The number of carbonyl (C=O) groups excluding carboxylic acids is 1. The lowest BCUT2D eigenvalue weighted by atomic mass is 9.92. The molecule has 1 atom stereocenters. The monoisotopic (exact) mass is 233 g/mol. The molecule has 0 aliphatic rings. The van der Waals surface area contributed by atoms with Gasteiger partial charge in [-0.3, -0.25) is 4.79 Å². The summed E-state index contributed by atoms with van der Waals surface area (Å²) < 4.78 is 38.1. The molecule has 0 aliphatic heterocycles. The molecule has 16 heavy (non-hydrogen) atoms. The topological polar surface area (TPSA) is 49.3 Å². The molecule has 3 nitrogen and oxygen atoms in total. The summed E-state index contributed by atoms with van der Waals surface area (Å²) in [5, 5.41) is 11.4. The molecule has 0 aromatic heterocycles. The van der Waals surface area contributed by atoms with Gasteiger partial charge in [0.15, 0.2) is 0 Å². The average Bonchev–Trinajstić information content (AvgIpc) is 2.26. The molecule has 2 N–H and O–H groups in total. The molecule has 0 spiro atoms. The fraction of sp³-hybridized carbons (Fsp3) is 0.300. The van der Waals surface area contributed by atoms with Gasteiger partial charge in [0.05, 0.1) is 0 Å². The second-order valence-electron chi connectivity index (χ2n) is 3.15. The zero-order valence-corrected chi connectivity index (χ0v) is 8.38. The van der Waals surface area contributed by atoms with E-state index in [1.807, 2.05) is 0 Å². The predicted octanol–water partition coefficient (Wildman–Crippen LogP) is 1.18. The van der Waals surface area contributed by atoms with Gasteiger partial charge in [0.2, 0.25) is 0 Å². The summed E-state index contributed by atoms with van der Waals surface area (Å²) in [5.41, 5.74) is -4.02. The number of nitrogens with one attached hydrogen (secondary N) is 1. The second kappa shape index (κ2) is 4.13. The van der Waals surface area contributed by atoms with Crippen molar-refractivity contribution in [1.82, 2.24) is 5.32 Å². The fourth-order valence-electron chi connectivity index (χ4n) is 1.28. The van der Waals surface area contributed by atoms with Crippen LogP contribution in [0.15, 0.2) is 30.3 Å². The summed E-state index contributed by atoms with van der Waals surface area (Å²) in [6.07, 6.45) is -5.07. The quantitative estimate of drug-likeness (QED) is 0.805. The van der Waals surface area contributed by atoms with Crippen LogP contribution in [0.25, 0.3) is 0 Å². The van der Waals surface area contributed by atoms with E-state index in [0.717, 1.165) is 19.2 Å². The molecule has 0 aliphatic carbocycles. The first-order valence-electron chi connectivity index (χ1n) is 4.41. The summed E-state index contributed by atoms with van der Waals surface area (Å²) in [4.78, 5) is 11.2. The van der Waals surface area contributed by atoms with Crippen LogP contribution in [0.2, 0.25) is 0 Å². The Morgan fingerprint density at radius 1 is 1.25 bits per heavy atom. The Hall–Kier alpha value is -1.56. The standard InChI is InChI=1S/C10H10F3NO2/c1-14-8(15)9(16,10(11,12)13)7-5-3-2-4-6-7/h2-6,16H,1H3,(H,14,15). The SMILES string of the molecule is CNC(=O)C(O)(c1ccccc1)C(F)(F)F. The van der Waals surface area contributed by atoms with Gasteiger partial charge >= 0.3 is 6.18 Å². The van der Waals surface area contributed by atoms with E-state index in [0.29, 0.717) is 0 Å². The van der Waals surface area contributed by atoms with Crippen LogP contribution in [-0.2, 0) is 10.4 Å². The molecule has 0 bridgehead atoms. The maximum Gasteiger partial charge on any atom is 0.430 e. The number of rotatable bonds is 2. The number of amides is 1. The number of hydrogen-bond acceptors (Lipinski definition) is 2. The molecule has 0 saturated carbocycles. The maximum atomic E-state index is 12.7. The van der Waals surface area contributed by atoms with Crippen molar-refractivity contribution < 1.29 is 23.1 Å². The van der Waals surface area contributed by atoms with Crippen LogP contribution in [0, 0.1) is 0 Å². The van der Waals surface area contributed by atoms with E-state index in [-0.39, 0.29) is 0 Å². The Morgan fingerprint density at radius 3 is 2.12 bits per heavy atom. The first-order chi connectivity index (χ1) is 7.34. The lowest BCUT2D eigenvalue weighted by molar-refractivity contribution is -0.256. The molecule has 1 rings (SSSR count). The summed E-state index contributed by atoms with van der Waals surface area (Å²) in [5.74, 6) is -1.51. The van der Waals surface area contributed by atoms with Crippen LogP contribution in [0.3, 0.4) is 0 Å². The van der Waals surface area contributed by atoms with Crippen molar-refractivity contribution in [1.29, 1.82) is 0 Å². The number of alkyl halides is 3. The van der Waals surface area contributed by atoms with Crippen LogP contribution in [0.5, 0.6) is 0 Å². The van der Waals surface area contributed by atoms with Crippen molar-refractivity contribution in [2.24, 2.45) is 0 Å². The number of halogens is 3. The van der Waals surface area contributed by atoms with Crippen molar-refractivity contribution in [2.45, 2.75) is 11.8 Å². The van der Waals surface area contributed by atoms with Gasteiger partial charge in [-0.1, -0.05) is 30.3 Å². The summed E-state index contributed by atoms with van der Waals surface area (Å²) >= 11 is 0. The normalized spacial score (nSPS) is 15.3. The molecule has 0 fully saturated rings. The van der Waals surface area contributed by atoms with Crippen molar-refractivity contribution in [2.75, 3.05) is 7.05 Å². The molecule has 1 aromatic rings. The molecular formula is C10H10F3NO2. The zero-order valence-electron chi connectivity index (χ0n) is 8.38. The number of benzene rings is 1. The van der Waals surface area contributed by atoms with E-state index in [9.17, 15) is 23.1 Å². The largest absolute Gasteiger partial charge is 0.430 e. The molecule has 88 valence electrons. The Balaban J connectivity index is 3.32. The van der Waals surface area contributed by atoms with Gasteiger partial charge in [-0.15, -0.1) is 0 Å². The van der Waals surface area contributed by atoms with Crippen molar-refractivity contribution in [3.63, 3.8) is 0 Å². The van der Waals surface area contributed by atoms with E-state index in [1.54, 1.807) is 5.32 Å². The summed E-state index contributed by atoms with van der Waals surface area (Å²) in [7, 11) is 1.03. The summed E-state index contributed by atoms with van der Waals surface area (Å²) in [6.45, 7) is 0. The predicted molar refractivity (Wildman–Crippen MR) is 50.5 cm³/mol. The third-order valence-electron chi connectivity index (χ3n) is 2.16. The highest BCUT2D eigenvalue weighted by molar-refractivity contribution is 5.87. The van der Waals surface area contributed by atoms with Gasteiger partial charge in [0, 0.05) is 12.6 Å². The van der Waals surface area contributed by atoms with E-state index in [1.165, 1.54) is 18.2 Å². The third-order valence-corrected chi connectivity index (χ3v) is 2.16. The molecule has 0 radical (unpaired) electrons. The highest BCUT2D eigenvalue weighted by Crippen LogP contribution is 2.38. The minimum Gasteiger partial charge on any atom is -0.369 e. The van der Waals surface area contributed by atoms with Crippen molar-refractivity contribution in [3.8, 4) is 0 Å². The minimum atomic E-state index is -5.07. The molecule has 1 unspecified atom stereocenters. The van der Waals surface area contributed by atoms with E-state index in [4.69, 9.17) is 0 Å². The van der Waals surface area contributed by atoms with E-state index in [2.05, 4.69) is 0 Å². The van der Waals surface area contributed by atoms with Crippen LogP contribution in [0.1, 0.15) is 5.56 Å². The Labute approximate surface area is 89.9 Å². The smallest absolute Gasteiger partial charge is 0.369 e. The molecule has 6 heteroatoms. The highest BCUT2D eigenvalue weighted by atomic mass is 19.4. The number of carbonyl (C=O) groups is 1. The van der Waals surface area contributed by atoms with Gasteiger partial charge in [0.25, 0.3) is 11.5 Å². The van der Waals surface area contributed by atoms with Gasteiger partial charge in [-0.2, -0.15) is 13.2 Å². The Morgan fingerprint density at radius 2 is 1.75 bits per heavy atom. The number of hydrogen-bond donors (Lipinski definition) is 2. The lowest BCUT2D eigenvalue weighted by Gasteiger charge is -2.28.